The van der Waals surface area contributed by atoms with Crippen LogP contribution >= 0.6 is 0 Å². The van der Waals surface area contributed by atoms with Crippen LogP contribution < -0.4 is 4.74 Å². The maximum atomic E-state index is 11.8. The topological polar surface area (TPSA) is 105 Å². The number of rotatable bonds is 14. The molecule has 0 bridgehead atoms. The molecule has 0 heterocycles. The van der Waals surface area contributed by atoms with E-state index in [9.17, 15) is 19.7 Å². The number of carbonyl (C=O) groups is 2. The first-order chi connectivity index (χ1) is 13.5. The SMILES string of the molecule is CCOC(=O)CCCCCCCCC(=O)OCc1ccc(OC)c([N+](=O)[O-])c1. The fourth-order valence-corrected chi connectivity index (χ4v) is 2.68. The van der Waals surface area contributed by atoms with Gasteiger partial charge in [-0.3, -0.25) is 19.7 Å². The van der Waals surface area contributed by atoms with Crippen LogP contribution in [0.2, 0.25) is 0 Å². The van der Waals surface area contributed by atoms with Gasteiger partial charge in [-0.2, -0.15) is 0 Å². The van der Waals surface area contributed by atoms with Gasteiger partial charge in [0, 0.05) is 18.9 Å². The highest BCUT2D eigenvalue weighted by molar-refractivity contribution is 5.69. The minimum Gasteiger partial charge on any atom is -0.490 e. The van der Waals surface area contributed by atoms with Crippen molar-refractivity contribution >= 4 is 17.6 Å². The zero-order chi connectivity index (χ0) is 20.8. The molecule has 1 rings (SSSR count). The Balaban J connectivity index is 2.15. The average Bonchev–Trinajstić information content (AvgIpc) is 2.68. The number of methoxy groups -OCH3 is 1. The molecular weight excluding hydrogens is 366 g/mol. The molecule has 0 saturated carbocycles. The second-order valence-corrected chi connectivity index (χ2v) is 6.35. The molecule has 0 amide bonds. The third-order valence-corrected chi connectivity index (χ3v) is 4.16. The van der Waals surface area contributed by atoms with E-state index >= 15 is 0 Å². The number of hydrogen-bond acceptors (Lipinski definition) is 7. The van der Waals surface area contributed by atoms with Crippen LogP contribution in [0, 0.1) is 10.1 Å². The van der Waals surface area contributed by atoms with E-state index < -0.39 is 4.92 Å². The molecule has 28 heavy (non-hydrogen) atoms. The molecule has 0 aromatic heterocycles. The normalized spacial score (nSPS) is 10.4. The molecule has 0 aliphatic heterocycles. The molecule has 0 fully saturated rings. The summed E-state index contributed by atoms with van der Waals surface area (Å²) < 4.78 is 15.0. The molecule has 1 aromatic rings. The van der Waals surface area contributed by atoms with Crippen molar-refractivity contribution in [1.82, 2.24) is 0 Å². The van der Waals surface area contributed by atoms with Gasteiger partial charge in [0.2, 0.25) is 0 Å². The first-order valence-corrected chi connectivity index (χ1v) is 9.60. The van der Waals surface area contributed by atoms with E-state index in [1.807, 2.05) is 0 Å². The van der Waals surface area contributed by atoms with Gasteiger partial charge in [0.15, 0.2) is 5.75 Å². The summed E-state index contributed by atoms with van der Waals surface area (Å²) >= 11 is 0. The molecule has 0 N–H and O–H groups in total. The van der Waals surface area contributed by atoms with Crippen LogP contribution in [0.3, 0.4) is 0 Å². The molecule has 0 aliphatic rings. The number of nitro benzene ring substituents is 1. The van der Waals surface area contributed by atoms with Gasteiger partial charge in [0.1, 0.15) is 6.61 Å². The summed E-state index contributed by atoms with van der Waals surface area (Å²) in [5.41, 5.74) is 0.390. The van der Waals surface area contributed by atoms with Crippen molar-refractivity contribution in [3.8, 4) is 5.75 Å². The Morgan fingerprint density at radius 1 is 0.964 bits per heavy atom. The second-order valence-electron chi connectivity index (χ2n) is 6.35. The number of hydrogen-bond donors (Lipinski definition) is 0. The van der Waals surface area contributed by atoms with Gasteiger partial charge >= 0.3 is 17.6 Å². The highest BCUT2D eigenvalue weighted by Gasteiger charge is 2.15. The number of carbonyl (C=O) groups excluding carboxylic acids is 2. The highest BCUT2D eigenvalue weighted by Crippen LogP contribution is 2.27. The Morgan fingerprint density at radius 2 is 1.54 bits per heavy atom. The van der Waals surface area contributed by atoms with E-state index in [4.69, 9.17) is 14.2 Å². The van der Waals surface area contributed by atoms with Gasteiger partial charge in [-0.15, -0.1) is 0 Å². The molecule has 156 valence electrons. The summed E-state index contributed by atoms with van der Waals surface area (Å²) in [6.07, 6.45) is 6.26. The van der Waals surface area contributed by atoms with Crippen molar-refractivity contribution in [2.75, 3.05) is 13.7 Å². The van der Waals surface area contributed by atoms with Gasteiger partial charge in [-0.1, -0.05) is 31.7 Å². The number of esters is 2. The Kier molecular flexibility index (Phi) is 11.3. The largest absolute Gasteiger partial charge is 0.490 e. The Bertz CT molecular complexity index is 645. The Hall–Kier alpha value is -2.64. The lowest BCUT2D eigenvalue weighted by Gasteiger charge is -2.07. The molecule has 0 spiro atoms. The minimum absolute atomic E-state index is 0.00245. The van der Waals surface area contributed by atoms with Crippen molar-refractivity contribution in [2.45, 2.75) is 64.9 Å². The third kappa shape index (κ3) is 9.34. The lowest BCUT2D eigenvalue weighted by Crippen LogP contribution is -2.05. The van der Waals surface area contributed by atoms with E-state index in [-0.39, 0.29) is 30.0 Å². The zero-order valence-corrected chi connectivity index (χ0v) is 16.6. The van der Waals surface area contributed by atoms with Crippen molar-refractivity contribution in [2.24, 2.45) is 0 Å². The lowest BCUT2D eigenvalue weighted by atomic mass is 10.1. The molecule has 8 heteroatoms. The highest BCUT2D eigenvalue weighted by atomic mass is 16.6. The summed E-state index contributed by atoms with van der Waals surface area (Å²) in [5.74, 6) is -0.296. The van der Waals surface area contributed by atoms with Crippen molar-refractivity contribution in [1.29, 1.82) is 0 Å². The summed E-state index contributed by atoms with van der Waals surface area (Å²) in [5, 5.41) is 11.0. The smallest absolute Gasteiger partial charge is 0.311 e. The van der Waals surface area contributed by atoms with Crippen LogP contribution in [-0.2, 0) is 25.7 Å². The lowest BCUT2D eigenvalue weighted by molar-refractivity contribution is -0.385. The first-order valence-electron chi connectivity index (χ1n) is 9.60. The average molecular weight is 395 g/mol. The maximum absolute atomic E-state index is 11.8. The van der Waals surface area contributed by atoms with Crippen LogP contribution in [0.1, 0.15) is 63.9 Å². The molecule has 0 saturated heterocycles. The van der Waals surface area contributed by atoms with Crippen LogP contribution in [0.15, 0.2) is 18.2 Å². The summed E-state index contributed by atoms with van der Waals surface area (Å²) in [6, 6.07) is 4.47. The predicted molar refractivity (Wildman–Crippen MR) is 103 cm³/mol. The molecule has 0 aliphatic carbocycles. The molecule has 8 nitrogen and oxygen atoms in total. The van der Waals surface area contributed by atoms with Crippen molar-refractivity contribution in [3.05, 3.63) is 33.9 Å². The van der Waals surface area contributed by atoms with E-state index in [1.54, 1.807) is 13.0 Å². The maximum Gasteiger partial charge on any atom is 0.311 e. The van der Waals surface area contributed by atoms with E-state index in [2.05, 4.69) is 0 Å². The van der Waals surface area contributed by atoms with Gasteiger partial charge in [0.05, 0.1) is 18.6 Å². The molecule has 1 aromatic carbocycles. The van der Waals surface area contributed by atoms with Gasteiger partial charge < -0.3 is 14.2 Å². The van der Waals surface area contributed by atoms with E-state index in [0.29, 0.717) is 25.0 Å². The predicted octanol–water partition coefficient (Wildman–Crippen LogP) is 4.33. The van der Waals surface area contributed by atoms with E-state index in [1.165, 1.54) is 19.2 Å². The van der Waals surface area contributed by atoms with Crippen LogP contribution in [0.5, 0.6) is 5.75 Å². The Morgan fingerprint density at radius 3 is 2.07 bits per heavy atom. The van der Waals surface area contributed by atoms with E-state index in [0.717, 1.165) is 38.5 Å². The molecule has 0 atom stereocenters. The second kappa shape index (κ2) is 13.5. The van der Waals surface area contributed by atoms with Crippen molar-refractivity contribution in [3.63, 3.8) is 0 Å². The number of nitro groups is 1. The van der Waals surface area contributed by atoms with Gasteiger partial charge in [-0.05, 0) is 31.4 Å². The number of ether oxygens (including phenoxy) is 3. The van der Waals surface area contributed by atoms with Crippen LogP contribution in [-0.4, -0.2) is 30.6 Å². The molecule has 0 radical (unpaired) electrons. The van der Waals surface area contributed by atoms with Gasteiger partial charge in [0.25, 0.3) is 0 Å². The zero-order valence-electron chi connectivity index (χ0n) is 16.6. The third-order valence-electron chi connectivity index (χ3n) is 4.16. The minimum atomic E-state index is -0.531. The molecular formula is C20H29NO7. The van der Waals surface area contributed by atoms with Crippen LogP contribution in [0.4, 0.5) is 5.69 Å². The number of benzene rings is 1. The van der Waals surface area contributed by atoms with Gasteiger partial charge in [-0.25, -0.2) is 0 Å². The summed E-state index contributed by atoms with van der Waals surface area (Å²) in [4.78, 5) is 33.5. The number of unbranched alkanes of at least 4 members (excludes halogenated alkanes) is 5. The van der Waals surface area contributed by atoms with Crippen LogP contribution in [0.25, 0.3) is 0 Å². The van der Waals surface area contributed by atoms with Crippen molar-refractivity contribution < 1.29 is 28.7 Å². The molecule has 0 unspecified atom stereocenters. The number of nitrogens with zero attached hydrogens (tertiary/aromatic N) is 1. The first kappa shape index (κ1) is 23.4. The summed E-state index contributed by atoms with van der Waals surface area (Å²) in [7, 11) is 1.36. The standard InChI is InChI=1S/C20H29NO7/c1-3-27-19(22)10-8-6-4-5-7-9-11-20(23)28-15-16-12-13-18(26-2)17(14-16)21(24)25/h12-14H,3-11,15H2,1-2H3. The Labute approximate surface area is 165 Å². The fourth-order valence-electron chi connectivity index (χ4n) is 2.68. The quantitative estimate of drug-likeness (QED) is 0.200. The monoisotopic (exact) mass is 395 g/mol. The fraction of sp³-hybridized carbons (Fsp3) is 0.600. The summed E-state index contributed by atoms with van der Waals surface area (Å²) in [6.45, 7) is 2.21.